The second-order valence-corrected chi connectivity index (χ2v) is 21.5. The Balaban J connectivity index is 0.000000199. The molecule has 0 aliphatic carbocycles. The number of nitrogens with zero attached hydrogens (tertiary/aromatic N) is 4. The van der Waals surface area contributed by atoms with E-state index in [1.54, 1.807) is 6.20 Å². The van der Waals surface area contributed by atoms with Crippen LogP contribution >= 0.6 is 0 Å². The molecule has 0 saturated heterocycles. The van der Waals surface area contributed by atoms with Crippen LogP contribution in [0, 0.1) is 31.4 Å². The minimum atomic E-state index is -1.37. The van der Waals surface area contributed by atoms with E-state index >= 15 is 0 Å². The molecule has 7 heteroatoms. The second kappa shape index (κ2) is 14.0. The van der Waals surface area contributed by atoms with Crippen molar-refractivity contribution in [3.05, 3.63) is 108 Å². The number of imidazole rings is 1. The first-order valence-corrected chi connectivity index (χ1v) is 20.7. The van der Waals surface area contributed by atoms with Crippen LogP contribution in [-0.2, 0) is 32.1 Å². The fraction of sp³-hybridized carbons (Fsp3) is 0.326. The topological polar surface area (TPSA) is 56.7 Å². The van der Waals surface area contributed by atoms with E-state index in [0.717, 1.165) is 62.0 Å². The maximum Gasteiger partial charge on any atom is 0.216 e. The summed E-state index contributed by atoms with van der Waals surface area (Å²) in [5.74, 6) is 0.872. The van der Waals surface area contributed by atoms with Crippen molar-refractivity contribution in [2.45, 2.75) is 87.0 Å². The van der Waals surface area contributed by atoms with E-state index in [2.05, 4.69) is 139 Å². The minimum Gasteiger partial charge on any atom is -0.486 e. The molecule has 0 N–H and O–H groups in total. The van der Waals surface area contributed by atoms with Gasteiger partial charge in [0.2, 0.25) is 5.71 Å². The Kier molecular flexibility index (Phi) is 10.5. The summed E-state index contributed by atoms with van der Waals surface area (Å²) in [6, 6.07) is 29.5. The maximum absolute atomic E-state index is 6.21. The molecule has 7 rings (SSSR count). The van der Waals surface area contributed by atoms with Gasteiger partial charge >= 0.3 is 0 Å². The predicted octanol–water partition coefficient (Wildman–Crippen LogP) is 10.8. The number of aromatic nitrogens is 4. The first kappa shape index (κ1) is 37.4. The summed E-state index contributed by atoms with van der Waals surface area (Å²) in [6.07, 6.45) is 4.97. The van der Waals surface area contributed by atoms with E-state index in [-0.39, 0.29) is 31.1 Å². The zero-order chi connectivity index (χ0) is 35.3. The van der Waals surface area contributed by atoms with Gasteiger partial charge < -0.3 is 14.0 Å². The van der Waals surface area contributed by atoms with Crippen LogP contribution in [0.4, 0.5) is 0 Å². The number of hydrogen-bond acceptors (Lipinski definition) is 4. The van der Waals surface area contributed by atoms with Crippen LogP contribution in [0.25, 0.3) is 55.7 Å². The average molecular weight is 857 g/mol. The molecule has 4 aromatic heterocycles. The maximum atomic E-state index is 6.21. The third-order valence-electron chi connectivity index (χ3n) is 8.73. The van der Waals surface area contributed by atoms with E-state index in [0.29, 0.717) is 5.71 Å². The van der Waals surface area contributed by atoms with Crippen LogP contribution < -0.4 is 5.19 Å². The van der Waals surface area contributed by atoms with Crippen molar-refractivity contribution in [3.8, 4) is 22.6 Å². The van der Waals surface area contributed by atoms with Gasteiger partial charge in [0, 0.05) is 43.4 Å². The molecule has 1 radical (unpaired) electrons. The van der Waals surface area contributed by atoms with Gasteiger partial charge in [-0.25, -0.2) is 4.98 Å². The van der Waals surface area contributed by atoms with Crippen LogP contribution in [0.15, 0.2) is 83.5 Å². The number of aryl methyl sites for hydroxylation is 2. The summed E-state index contributed by atoms with van der Waals surface area (Å²) < 4.78 is 8.50. The zero-order valence-electron chi connectivity index (χ0n) is 31.2. The van der Waals surface area contributed by atoms with E-state index in [4.69, 9.17) is 14.4 Å². The van der Waals surface area contributed by atoms with Gasteiger partial charge in [0.05, 0.1) is 30.5 Å². The van der Waals surface area contributed by atoms with Crippen LogP contribution in [0.1, 0.15) is 58.2 Å². The van der Waals surface area contributed by atoms with Crippen LogP contribution in [0.5, 0.6) is 0 Å². The molecule has 0 unspecified atom stereocenters. The quantitative estimate of drug-likeness (QED) is 0.131. The number of pyridine rings is 2. The number of benzene rings is 3. The molecule has 0 fully saturated rings. The van der Waals surface area contributed by atoms with Crippen LogP contribution in [0.3, 0.4) is 0 Å². The van der Waals surface area contributed by atoms with E-state index in [1.165, 1.54) is 16.3 Å². The Hall–Kier alpha value is -3.90. The van der Waals surface area contributed by atoms with Crippen LogP contribution in [0.2, 0.25) is 19.6 Å². The van der Waals surface area contributed by atoms with Crippen molar-refractivity contribution < 1.29 is 24.5 Å². The van der Waals surface area contributed by atoms with Gasteiger partial charge in [-0.1, -0.05) is 76.0 Å². The van der Waals surface area contributed by atoms with Gasteiger partial charge in [-0.05, 0) is 80.2 Å². The number of rotatable bonds is 4. The molecule has 3 aromatic carbocycles. The molecule has 261 valence electrons. The Labute approximate surface area is 311 Å². The van der Waals surface area contributed by atoms with E-state index < -0.39 is 8.07 Å². The molecule has 0 aliphatic rings. The molecule has 0 bridgehead atoms. The van der Waals surface area contributed by atoms with Crippen molar-refractivity contribution >= 4 is 46.4 Å². The van der Waals surface area contributed by atoms with Gasteiger partial charge in [-0.3, -0.25) is 4.98 Å². The second-order valence-electron chi connectivity index (χ2n) is 16.4. The Morgan fingerprint density at radius 1 is 0.880 bits per heavy atom. The molecule has 4 heterocycles. The Bertz CT molecular complexity index is 2280. The molecule has 7 aromatic rings. The van der Waals surface area contributed by atoms with Crippen molar-refractivity contribution in [2.24, 2.45) is 5.41 Å². The SMILES string of the molecule is CC(C)(C)Cc1cc(-c2[c-]cccc2)ncc1[Si](C)(C)C.Cc1ccc2nc(-c3[c-]cc(C)c4c3oc3ncccc34)n(C(C)(C)C)c2c1.[Ir]. The first-order chi connectivity index (χ1) is 23.0. The molecule has 50 heavy (non-hydrogen) atoms. The van der Waals surface area contributed by atoms with Gasteiger partial charge in [0.25, 0.3) is 0 Å². The number of hydrogen-bond donors (Lipinski definition) is 0. The van der Waals surface area contributed by atoms with Gasteiger partial charge in [-0.15, -0.1) is 53.6 Å². The molecule has 5 nitrogen and oxygen atoms in total. The smallest absolute Gasteiger partial charge is 0.216 e. The third-order valence-corrected chi connectivity index (χ3v) is 10.8. The fourth-order valence-electron chi connectivity index (χ4n) is 6.61. The molecule has 0 atom stereocenters. The van der Waals surface area contributed by atoms with Gasteiger partial charge in [-0.2, -0.15) is 0 Å². The van der Waals surface area contributed by atoms with Crippen molar-refractivity contribution in [1.82, 2.24) is 19.5 Å². The average Bonchev–Trinajstić information content (AvgIpc) is 3.60. The first-order valence-electron chi connectivity index (χ1n) is 17.2. The molecular formula is C43H48IrN4OSi-2. The molecule has 0 spiro atoms. The minimum absolute atomic E-state index is 0. The summed E-state index contributed by atoms with van der Waals surface area (Å²) in [5.41, 5.74) is 10.5. The summed E-state index contributed by atoms with van der Waals surface area (Å²) in [4.78, 5) is 14.1. The van der Waals surface area contributed by atoms with Crippen molar-refractivity contribution in [3.63, 3.8) is 0 Å². The Morgan fingerprint density at radius 3 is 2.30 bits per heavy atom. The summed E-state index contributed by atoms with van der Waals surface area (Å²) >= 11 is 0. The summed E-state index contributed by atoms with van der Waals surface area (Å²) in [7, 11) is -1.37. The molecule has 0 saturated carbocycles. The molecular weight excluding hydrogens is 809 g/mol. The number of fused-ring (bicyclic) bond motifs is 4. The standard InChI is InChI=1S/C24H22N3O.C19H26NSi.Ir/c1-14-8-11-18-19(13-14)27(24(3,4)5)22(26-18)17-10-9-15(2)20-16-7-6-12-25-23(16)28-21(17)20;1-19(2,3)13-16-12-17(15-10-8-7-9-11-15)20-14-18(16)21(4,5)6;/h6-9,11-13H,1-5H3;7-10,12,14H,13H2,1-6H3;/q2*-1;. The summed E-state index contributed by atoms with van der Waals surface area (Å²) in [6.45, 7) is 24.9. The number of furan rings is 1. The van der Waals surface area contributed by atoms with Gasteiger partial charge in [0.15, 0.2) is 0 Å². The third kappa shape index (κ3) is 7.71. The summed E-state index contributed by atoms with van der Waals surface area (Å²) in [5, 5.41) is 3.59. The Morgan fingerprint density at radius 2 is 1.64 bits per heavy atom. The predicted molar refractivity (Wildman–Crippen MR) is 208 cm³/mol. The van der Waals surface area contributed by atoms with E-state index in [9.17, 15) is 0 Å². The van der Waals surface area contributed by atoms with Crippen molar-refractivity contribution in [2.75, 3.05) is 0 Å². The molecule has 0 amide bonds. The molecule has 0 aliphatic heterocycles. The largest absolute Gasteiger partial charge is 0.486 e. The van der Waals surface area contributed by atoms with Crippen LogP contribution in [-0.4, -0.2) is 27.6 Å². The van der Waals surface area contributed by atoms with E-state index in [1.807, 2.05) is 30.3 Å². The van der Waals surface area contributed by atoms with Gasteiger partial charge in [0.1, 0.15) is 0 Å². The fourth-order valence-corrected chi connectivity index (χ4v) is 8.18. The zero-order valence-corrected chi connectivity index (χ0v) is 34.6. The van der Waals surface area contributed by atoms with Crippen molar-refractivity contribution in [1.29, 1.82) is 0 Å². The monoisotopic (exact) mass is 857 g/mol. The normalized spacial score (nSPS) is 12.2.